The zero-order chi connectivity index (χ0) is 20.1. The molecule has 0 saturated heterocycles. The number of ether oxygens (including phenoxy) is 2. The number of methoxy groups -OCH3 is 2. The molecule has 0 radical (unpaired) electrons. The van der Waals surface area contributed by atoms with Crippen LogP contribution in [-0.4, -0.2) is 33.6 Å². The molecule has 0 aliphatic rings. The zero-order valence-electron chi connectivity index (χ0n) is 15.2. The van der Waals surface area contributed by atoms with E-state index in [-0.39, 0.29) is 10.7 Å². The molecule has 3 aromatic rings. The lowest BCUT2D eigenvalue weighted by molar-refractivity contribution is -0.134. The van der Waals surface area contributed by atoms with Crippen molar-refractivity contribution in [3.8, 4) is 5.75 Å². The number of carbonyl (C=O) groups excluding carboxylic acids is 1. The van der Waals surface area contributed by atoms with Crippen LogP contribution in [0.15, 0.2) is 65.6 Å². The maximum atomic E-state index is 12.8. The van der Waals surface area contributed by atoms with Crippen molar-refractivity contribution in [2.24, 2.45) is 0 Å². The van der Waals surface area contributed by atoms with Crippen molar-refractivity contribution in [3.05, 3.63) is 66.2 Å². The van der Waals surface area contributed by atoms with Crippen molar-refractivity contribution < 1.29 is 22.7 Å². The predicted octanol–water partition coefficient (Wildman–Crippen LogP) is 3.23. The Morgan fingerprint density at radius 1 is 1.07 bits per heavy atom. The van der Waals surface area contributed by atoms with Crippen molar-refractivity contribution in [1.82, 2.24) is 4.98 Å². The smallest absolute Gasteiger partial charge is 0.330 e. The fourth-order valence-corrected chi connectivity index (χ4v) is 3.59. The van der Waals surface area contributed by atoms with Crippen molar-refractivity contribution in [3.63, 3.8) is 0 Å². The average Bonchev–Trinajstić information content (AvgIpc) is 2.71. The summed E-state index contributed by atoms with van der Waals surface area (Å²) in [4.78, 5) is 15.7. The van der Waals surface area contributed by atoms with E-state index in [1.165, 1.54) is 44.6 Å². The number of para-hydroxylation sites is 1. The van der Waals surface area contributed by atoms with Crippen LogP contribution in [0.5, 0.6) is 5.75 Å². The highest BCUT2D eigenvalue weighted by atomic mass is 32.2. The van der Waals surface area contributed by atoms with Crippen LogP contribution < -0.4 is 9.46 Å². The molecular weight excluding hydrogens is 380 g/mol. The minimum Gasteiger partial charge on any atom is -0.496 e. The van der Waals surface area contributed by atoms with Crippen molar-refractivity contribution >= 4 is 38.8 Å². The van der Waals surface area contributed by atoms with E-state index in [9.17, 15) is 13.2 Å². The van der Waals surface area contributed by atoms with Crippen LogP contribution in [0.3, 0.4) is 0 Å². The Morgan fingerprint density at radius 2 is 1.86 bits per heavy atom. The van der Waals surface area contributed by atoms with Crippen LogP contribution in [-0.2, 0) is 19.6 Å². The lowest BCUT2D eigenvalue weighted by atomic mass is 10.2. The van der Waals surface area contributed by atoms with E-state index < -0.39 is 16.0 Å². The van der Waals surface area contributed by atoms with Crippen LogP contribution in [0.1, 0.15) is 5.56 Å². The van der Waals surface area contributed by atoms with E-state index in [4.69, 9.17) is 4.74 Å². The number of aromatic nitrogens is 1. The van der Waals surface area contributed by atoms with Crippen LogP contribution in [0.2, 0.25) is 0 Å². The number of rotatable bonds is 6. The van der Waals surface area contributed by atoms with Gasteiger partial charge in [0, 0.05) is 17.0 Å². The van der Waals surface area contributed by atoms with E-state index >= 15 is 0 Å². The van der Waals surface area contributed by atoms with E-state index in [1.54, 1.807) is 18.2 Å². The number of esters is 1. The van der Waals surface area contributed by atoms with Crippen LogP contribution in [0.25, 0.3) is 17.0 Å². The number of hydrogen-bond donors (Lipinski definition) is 1. The SMILES string of the molecule is COC(=O)/C=C/c1cc(S(=O)(=O)Nc2ccc3ccccc3n2)ccc1OC. The van der Waals surface area contributed by atoms with Gasteiger partial charge in [-0.25, -0.2) is 18.2 Å². The standard InChI is InChI=1S/C20H18N2O5S/c1-26-18-10-9-16(13-15(18)8-12-20(23)27-2)28(24,25)22-19-11-7-14-5-3-4-6-17(14)21-19/h3-13H,1-2H3,(H,21,22)/b12-8+. The Bertz CT molecular complexity index is 1160. The Labute approximate surface area is 162 Å². The summed E-state index contributed by atoms with van der Waals surface area (Å²) < 4.78 is 37.8. The lowest BCUT2D eigenvalue weighted by Crippen LogP contribution is -2.14. The first-order chi connectivity index (χ1) is 13.4. The number of sulfonamides is 1. The first-order valence-electron chi connectivity index (χ1n) is 8.25. The number of benzene rings is 2. The highest BCUT2D eigenvalue weighted by Crippen LogP contribution is 2.25. The molecule has 0 bridgehead atoms. The molecule has 0 aliphatic heterocycles. The van der Waals surface area contributed by atoms with Gasteiger partial charge < -0.3 is 9.47 Å². The first-order valence-corrected chi connectivity index (χ1v) is 9.74. The predicted molar refractivity (Wildman–Crippen MR) is 107 cm³/mol. The second-order valence-electron chi connectivity index (χ2n) is 5.75. The lowest BCUT2D eigenvalue weighted by Gasteiger charge is -2.11. The molecule has 8 heteroatoms. The van der Waals surface area contributed by atoms with Gasteiger partial charge in [-0.15, -0.1) is 0 Å². The molecule has 28 heavy (non-hydrogen) atoms. The number of anilines is 1. The summed E-state index contributed by atoms with van der Waals surface area (Å²) in [5, 5.41) is 0.908. The van der Waals surface area contributed by atoms with Gasteiger partial charge in [0.05, 0.1) is 24.6 Å². The molecule has 2 aromatic carbocycles. The molecule has 0 aliphatic carbocycles. The maximum absolute atomic E-state index is 12.8. The molecule has 0 unspecified atom stereocenters. The first kappa shape index (κ1) is 19.4. The molecule has 3 rings (SSSR count). The summed E-state index contributed by atoms with van der Waals surface area (Å²) >= 11 is 0. The molecule has 7 nitrogen and oxygen atoms in total. The molecule has 1 heterocycles. The number of hydrogen-bond acceptors (Lipinski definition) is 6. The van der Waals surface area contributed by atoms with Gasteiger partial charge in [0.15, 0.2) is 0 Å². The number of pyridine rings is 1. The third-order valence-electron chi connectivity index (χ3n) is 3.95. The van der Waals surface area contributed by atoms with Gasteiger partial charge in [-0.05, 0) is 42.5 Å². The summed E-state index contributed by atoms with van der Waals surface area (Å²) in [6, 6.07) is 15.1. The minimum atomic E-state index is -3.89. The zero-order valence-corrected chi connectivity index (χ0v) is 16.1. The molecule has 1 aromatic heterocycles. The summed E-state index contributed by atoms with van der Waals surface area (Å²) in [5.41, 5.74) is 1.10. The van der Waals surface area contributed by atoms with Gasteiger partial charge in [-0.1, -0.05) is 18.2 Å². The highest BCUT2D eigenvalue weighted by Gasteiger charge is 2.17. The van der Waals surface area contributed by atoms with E-state index in [2.05, 4.69) is 14.4 Å². The van der Waals surface area contributed by atoms with Crippen molar-refractivity contribution in [1.29, 1.82) is 0 Å². The summed E-state index contributed by atoms with van der Waals surface area (Å²) in [7, 11) is -1.18. The molecule has 144 valence electrons. The number of fused-ring (bicyclic) bond motifs is 1. The Kier molecular flexibility index (Phi) is 5.60. The maximum Gasteiger partial charge on any atom is 0.330 e. The Hall–Kier alpha value is -3.39. The molecular formula is C20H18N2O5S. The van der Waals surface area contributed by atoms with Gasteiger partial charge in [0.1, 0.15) is 11.6 Å². The second kappa shape index (κ2) is 8.10. The summed E-state index contributed by atoms with van der Waals surface area (Å²) in [6.45, 7) is 0. The third kappa shape index (κ3) is 4.29. The quantitative estimate of drug-likeness (QED) is 0.506. The average molecular weight is 398 g/mol. The van der Waals surface area contributed by atoms with Crippen molar-refractivity contribution in [2.75, 3.05) is 18.9 Å². The van der Waals surface area contributed by atoms with Crippen LogP contribution in [0, 0.1) is 0 Å². The van der Waals surface area contributed by atoms with Gasteiger partial charge in [0.25, 0.3) is 10.0 Å². The van der Waals surface area contributed by atoms with Gasteiger partial charge in [-0.3, -0.25) is 4.72 Å². The summed E-state index contributed by atoms with van der Waals surface area (Å²) in [5.74, 6) is 0.0675. The number of nitrogens with zero attached hydrogens (tertiary/aromatic N) is 1. The Morgan fingerprint density at radius 3 is 2.61 bits per heavy atom. The van der Waals surface area contributed by atoms with Crippen molar-refractivity contribution in [2.45, 2.75) is 4.90 Å². The molecule has 0 amide bonds. The van der Waals surface area contributed by atoms with E-state index in [1.807, 2.05) is 18.2 Å². The monoisotopic (exact) mass is 398 g/mol. The molecule has 0 fully saturated rings. The van der Waals surface area contributed by atoms with Gasteiger partial charge >= 0.3 is 5.97 Å². The topological polar surface area (TPSA) is 94.6 Å². The van der Waals surface area contributed by atoms with Gasteiger partial charge in [-0.2, -0.15) is 0 Å². The third-order valence-corrected chi connectivity index (χ3v) is 5.30. The number of nitrogens with one attached hydrogen (secondary N) is 1. The second-order valence-corrected chi connectivity index (χ2v) is 7.44. The van der Waals surface area contributed by atoms with Gasteiger partial charge in [0.2, 0.25) is 0 Å². The fraction of sp³-hybridized carbons (Fsp3) is 0.100. The van der Waals surface area contributed by atoms with E-state index in [0.717, 1.165) is 5.39 Å². The minimum absolute atomic E-state index is 0.00720. The highest BCUT2D eigenvalue weighted by molar-refractivity contribution is 7.92. The summed E-state index contributed by atoms with van der Waals surface area (Å²) in [6.07, 6.45) is 2.62. The number of carbonyl (C=O) groups is 1. The largest absolute Gasteiger partial charge is 0.496 e. The molecule has 1 N–H and O–H groups in total. The van der Waals surface area contributed by atoms with Crippen LogP contribution >= 0.6 is 0 Å². The Balaban J connectivity index is 1.93. The fourth-order valence-electron chi connectivity index (χ4n) is 2.56. The molecule has 0 atom stereocenters. The normalized spacial score (nSPS) is 11.5. The van der Waals surface area contributed by atoms with E-state index in [0.29, 0.717) is 16.8 Å². The van der Waals surface area contributed by atoms with Crippen LogP contribution in [0.4, 0.5) is 5.82 Å². The molecule has 0 saturated carbocycles. The molecule has 0 spiro atoms.